The summed E-state index contributed by atoms with van der Waals surface area (Å²) in [5, 5.41) is 1.01. The van der Waals surface area contributed by atoms with Gasteiger partial charge in [0, 0.05) is 12.0 Å². The molecule has 1 aromatic rings. The van der Waals surface area contributed by atoms with Crippen molar-refractivity contribution in [2.45, 2.75) is 40.0 Å². The van der Waals surface area contributed by atoms with Crippen LogP contribution in [-0.4, -0.2) is 9.97 Å². The Bertz CT molecular complexity index is 314. The molecule has 0 fully saturated rings. The maximum Gasteiger partial charge on any atom is 0.137 e. The topological polar surface area (TPSA) is 25.8 Å². The zero-order valence-corrected chi connectivity index (χ0v) is 10.9. The predicted molar refractivity (Wildman–Crippen MR) is 64.6 cm³/mol. The van der Waals surface area contributed by atoms with Crippen molar-refractivity contribution in [1.29, 1.82) is 0 Å². The lowest BCUT2D eigenvalue weighted by Gasteiger charge is -2.08. The van der Waals surface area contributed by atoms with Crippen molar-refractivity contribution in [2.24, 2.45) is 5.92 Å². The molecular formula is C11H16Cl2N2. The van der Waals surface area contributed by atoms with Crippen LogP contribution in [0.4, 0.5) is 0 Å². The van der Waals surface area contributed by atoms with Crippen LogP contribution < -0.4 is 0 Å². The molecule has 4 heteroatoms. The summed E-state index contributed by atoms with van der Waals surface area (Å²) in [6, 6.07) is 0. The third-order valence-electron chi connectivity index (χ3n) is 2.04. The van der Waals surface area contributed by atoms with Gasteiger partial charge in [0.05, 0.1) is 0 Å². The molecule has 1 aromatic heterocycles. The van der Waals surface area contributed by atoms with Gasteiger partial charge in [-0.1, -0.05) is 50.4 Å². The van der Waals surface area contributed by atoms with Crippen molar-refractivity contribution >= 4 is 23.2 Å². The van der Waals surface area contributed by atoms with E-state index in [0.717, 1.165) is 30.7 Å². The van der Waals surface area contributed by atoms with Gasteiger partial charge in [0.15, 0.2) is 0 Å². The first-order chi connectivity index (χ1) is 7.04. The summed E-state index contributed by atoms with van der Waals surface area (Å²) >= 11 is 12.1. The van der Waals surface area contributed by atoms with Crippen LogP contribution in [0.1, 0.15) is 38.6 Å². The van der Waals surface area contributed by atoms with Gasteiger partial charge >= 0.3 is 0 Å². The quantitative estimate of drug-likeness (QED) is 0.753. The Kier molecular flexibility index (Phi) is 4.81. The van der Waals surface area contributed by atoms with Crippen LogP contribution in [0.15, 0.2) is 0 Å². The first kappa shape index (κ1) is 12.7. The molecule has 0 amide bonds. The second-order valence-electron chi connectivity index (χ2n) is 4.05. The van der Waals surface area contributed by atoms with Crippen molar-refractivity contribution < 1.29 is 0 Å². The fourth-order valence-electron chi connectivity index (χ4n) is 1.38. The van der Waals surface area contributed by atoms with E-state index < -0.39 is 0 Å². The van der Waals surface area contributed by atoms with Crippen molar-refractivity contribution in [2.75, 3.05) is 0 Å². The van der Waals surface area contributed by atoms with E-state index in [2.05, 4.69) is 30.7 Å². The fraction of sp³-hybridized carbons (Fsp3) is 0.636. The Hall–Kier alpha value is -0.340. The largest absolute Gasteiger partial charge is 0.221 e. The first-order valence-corrected chi connectivity index (χ1v) is 6.01. The van der Waals surface area contributed by atoms with Gasteiger partial charge in [-0.3, -0.25) is 0 Å². The van der Waals surface area contributed by atoms with Crippen molar-refractivity contribution in [1.82, 2.24) is 9.97 Å². The highest BCUT2D eigenvalue weighted by atomic mass is 35.5. The van der Waals surface area contributed by atoms with E-state index in [-0.39, 0.29) is 0 Å². The molecule has 1 heterocycles. The van der Waals surface area contributed by atoms with Gasteiger partial charge in [-0.25, -0.2) is 9.97 Å². The van der Waals surface area contributed by atoms with Crippen LogP contribution in [0.5, 0.6) is 0 Å². The Labute approximate surface area is 101 Å². The van der Waals surface area contributed by atoms with Gasteiger partial charge in [0.25, 0.3) is 0 Å². The summed E-state index contributed by atoms with van der Waals surface area (Å²) in [6.07, 6.45) is 2.64. The second-order valence-corrected chi connectivity index (χ2v) is 4.76. The number of halogens is 2. The number of nitrogens with zero attached hydrogens (tertiary/aromatic N) is 2. The average Bonchev–Trinajstić information content (AvgIpc) is 2.10. The minimum atomic E-state index is 0.507. The molecule has 0 aliphatic carbocycles. The molecule has 0 unspecified atom stereocenters. The molecule has 1 rings (SSSR count). The first-order valence-electron chi connectivity index (χ1n) is 5.25. The van der Waals surface area contributed by atoms with Gasteiger partial charge in [-0.2, -0.15) is 0 Å². The van der Waals surface area contributed by atoms with E-state index in [0.29, 0.717) is 16.2 Å². The van der Waals surface area contributed by atoms with Crippen molar-refractivity contribution in [3.05, 3.63) is 21.7 Å². The number of hydrogen-bond acceptors (Lipinski definition) is 2. The minimum absolute atomic E-state index is 0.507. The molecule has 15 heavy (non-hydrogen) atoms. The van der Waals surface area contributed by atoms with Crippen molar-refractivity contribution in [3.8, 4) is 0 Å². The van der Waals surface area contributed by atoms with Gasteiger partial charge < -0.3 is 0 Å². The van der Waals surface area contributed by atoms with Gasteiger partial charge in [-0.05, 0) is 12.3 Å². The molecule has 0 N–H and O–H groups in total. The summed E-state index contributed by atoms with van der Waals surface area (Å²) in [6.45, 7) is 6.31. The van der Waals surface area contributed by atoms with Crippen molar-refractivity contribution in [3.63, 3.8) is 0 Å². The van der Waals surface area contributed by atoms with E-state index >= 15 is 0 Å². The van der Waals surface area contributed by atoms with Crippen LogP contribution in [-0.2, 0) is 12.8 Å². The average molecular weight is 247 g/mol. The van der Waals surface area contributed by atoms with Crippen LogP contribution in [0.2, 0.25) is 10.3 Å². The van der Waals surface area contributed by atoms with Gasteiger partial charge in [0.2, 0.25) is 0 Å². The third-order valence-corrected chi connectivity index (χ3v) is 2.67. The lowest BCUT2D eigenvalue weighted by molar-refractivity contribution is 0.619. The highest BCUT2D eigenvalue weighted by Crippen LogP contribution is 2.23. The van der Waals surface area contributed by atoms with Gasteiger partial charge in [0.1, 0.15) is 16.1 Å². The molecule has 0 spiro atoms. The summed E-state index contributed by atoms with van der Waals surface area (Å²) in [4.78, 5) is 8.53. The monoisotopic (exact) mass is 246 g/mol. The smallest absolute Gasteiger partial charge is 0.137 e. The van der Waals surface area contributed by atoms with Crippen LogP contribution in [0.25, 0.3) is 0 Å². The Balaban J connectivity index is 2.97. The molecule has 0 aromatic carbocycles. The maximum absolute atomic E-state index is 6.06. The molecule has 0 saturated heterocycles. The number of hydrogen-bond donors (Lipinski definition) is 0. The summed E-state index contributed by atoms with van der Waals surface area (Å²) < 4.78 is 0. The normalized spacial score (nSPS) is 11.1. The Morgan fingerprint density at radius 2 is 1.67 bits per heavy atom. The predicted octanol–water partition coefficient (Wildman–Crippen LogP) is 3.93. The number of aromatic nitrogens is 2. The molecular weight excluding hydrogens is 231 g/mol. The van der Waals surface area contributed by atoms with E-state index in [1.165, 1.54) is 0 Å². The molecule has 0 atom stereocenters. The Morgan fingerprint density at radius 1 is 1.13 bits per heavy atom. The van der Waals surface area contributed by atoms with Crippen LogP contribution in [0, 0.1) is 5.92 Å². The lowest BCUT2D eigenvalue weighted by atomic mass is 10.1. The summed E-state index contributed by atoms with van der Waals surface area (Å²) in [7, 11) is 0. The highest BCUT2D eigenvalue weighted by Gasteiger charge is 2.11. The zero-order chi connectivity index (χ0) is 11.4. The minimum Gasteiger partial charge on any atom is -0.221 e. The molecule has 0 aliphatic rings. The molecule has 0 aliphatic heterocycles. The molecule has 0 bridgehead atoms. The SMILES string of the molecule is CCCc1c(Cl)nc(CC(C)C)nc1Cl. The second kappa shape index (κ2) is 5.66. The maximum atomic E-state index is 6.06. The summed E-state index contributed by atoms with van der Waals surface area (Å²) in [5.74, 6) is 1.24. The summed E-state index contributed by atoms with van der Waals surface area (Å²) in [5.41, 5.74) is 0.869. The molecule has 0 radical (unpaired) electrons. The lowest BCUT2D eigenvalue weighted by Crippen LogP contribution is -2.04. The number of rotatable bonds is 4. The molecule has 2 nitrogen and oxygen atoms in total. The zero-order valence-electron chi connectivity index (χ0n) is 9.35. The van der Waals surface area contributed by atoms with E-state index in [9.17, 15) is 0 Å². The van der Waals surface area contributed by atoms with E-state index in [4.69, 9.17) is 23.2 Å². The van der Waals surface area contributed by atoms with Gasteiger partial charge in [-0.15, -0.1) is 0 Å². The van der Waals surface area contributed by atoms with E-state index in [1.807, 2.05) is 0 Å². The Morgan fingerprint density at radius 3 is 2.07 bits per heavy atom. The fourth-order valence-corrected chi connectivity index (χ4v) is 2.00. The third kappa shape index (κ3) is 3.62. The highest BCUT2D eigenvalue weighted by molar-refractivity contribution is 6.34. The standard InChI is InChI=1S/C11H16Cl2N2/c1-4-5-8-10(12)14-9(6-7(2)3)15-11(8)13/h7H,4-6H2,1-3H3. The molecule has 0 saturated carbocycles. The van der Waals surface area contributed by atoms with Crippen LogP contribution >= 0.6 is 23.2 Å². The molecule has 84 valence electrons. The van der Waals surface area contributed by atoms with E-state index in [1.54, 1.807) is 0 Å². The van der Waals surface area contributed by atoms with Crippen LogP contribution in [0.3, 0.4) is 0 Å².